The molecule has 0 N–H and O–H groups in total. The third kappa shape index (κ3) is 3.72. The van der Waals surface area contributed by atoms with Crippen molar-refractivity contribution in [3.8, 4) is 23.0 Å². The standard InChI is InChI=1S/C30H30N2O6S2/c1-35-19-10-12-21-24(17-19)37-30(16-6-9-27(30)29(21)14-3-4-15-29)22-13-11-20(36-2)18-25(22)38-40(33,34)26-8-5-7-23-28(26)32-39-31-23/h5,7-8,10-13,17-18,27H,3-4,6,9,14-16H2,1-2H3/t27-,30-/m1/s1. The normalized spacial score (nSPS) is 23.0. The third-order valence-electron chi connectivity index (χ3n) is 9.15. The molecule has 2 saturated carbocycles. The summed E-state index contributed by atoms with van der Waals surface area (Å²) in [6, 6.07) is 16.5. The Balaban J connectivity index is 1.40. The maximum Gasteiger partial charge on any atom is 0.341 e. The van der Waals surface area contributed by atoms with Crippen molar-refractivity contribution in [1.82, 2.24) is 8.75 Å². The molecule has 40 heavy (non-hydrogen) atoms. The van der Waals surface area contributed by atoms with E-state index in [4.69, 9.17) is 18.4 Å². The molecule has 8 nitrogen and oxygen atoms in total. The van der Waals surface area contributed by atoms with Crippen LogP contribution in [-0.2, 0) is 21.1 Å². The molecule has 1 spiro atoms. The SMILES string of the molecule is COc1ccc2c(c1)O[C@@]1(c3ccc(OC)cc3OS(=O)(=O)c3cccc4nsnc34)CCC[C@@H]1C21CCCC1. The maximum absolute atomic E-state index is 13.8. The summed E-state index contributed by atoms with van der Waals surface area (Å²) in [5.74, 6) is 2.43. The van der Waals surface area contributed by atoms with Gasteiger partial charge in [-0.3, -0.25) is 0 Å². The second-order valence-electron chi connectivity index (χ2n) is 10.9. The zero-order valence-electron chi connectivity index (χ0n) is 22.4. The zero-order valence-corrected chi connectivity index (χ0v) is 24.0. The molecule has 7 rings (SSSR count). The fourth-order valence-electron chi connectivity index (χ4n) is 7.53. The van der Waals surface area contributed by atoms with E-state index in [9.17, 15) is 8.42 Å². The summed E-state index contributed by atoms with van der Waals surface area (Å²) in [6.07, 6.45) is 7.18. The van der Waals surface area contributed by atoms with Crippen LogP contribution in [0.15, 0.2) is 59.5 Å². The van der Waals surface area contributed by atoms with Gasteiger partial charge < -0.3 is 18.4 Å². The molecule has 208 valence electrons. The largest absolute Gasteiger partial charge is 0.497 e. The molecule has 4 aromatic rings. The first-order chi connectivity index (χ1) is 19.4. The van der Waals surface area contributed by atoms with Crippen LogP contribution in [0.5, 0.6) is 23.0 Å². The van der Waals surface area contributed by atoms with Crippen molar-refractivity contribution < 1.29 is 26.8 Å². The molecule has 3 aromatic carbocycles. The van der Waals surface area contributed by atoms with Gasteiger partial charge in [0.25, 0.3) is 0 Å². The van der Waals surface area contributed by atoms with Crippen molar-refractivity contribution in [2.45, 2.75) is 60.9 Å². The van der Waals surface area contributed by atoms with Crippen LogP contribution in [0, 0.1) is 5.92 Å². The molecule has 0 saturated heterocycles. The van der Waals surface area contributed by atoms with E-state index in [1.165, 1.54) is 11.6 Å². The lowest BCUT2D eigenvalue weighted by Crippen LogP contribution is -2.51. The highest BCUT2D eigenvalue weighted by atomic mass is 32.2. The fraction of sp³-hybridized carbons (Fsp3) is 0.400. The van der Waals surface area contributed by atoms with Crippen LogP contribution in [-0.4, -0.2) is 31.4 Å². The van der Waals surface area contributed by atoms with Crippen LogP contribution >= 0.6 is 11.7 Å². The smallest absolute Gasteiger partial charge is 0.341 e. The zero-order chi connectivity index (χ0) is 27.5. The molecule has 0 unspecified atom stereocenters. The number of ether oxygens (including phenoxy) is 3. The Hall–Kier alpha value is -3.37. The second-order valence-corrected chi connectivity index (χ2v) is 13.0. The van der Waals surface area contributed by atoms with E-state index in [-0.39, 0.29) is 22.0 Å². The Morgan fingerprint density at radius 3 is 2.42 bits per heavy atom. The van der Waals surface area contributed by atoms with Crippen LogP contribution in [0.2, 0.25) is 0 Å². The van der Waals surface area contributed by atoms with Crippen molar-refractivity contribution in [1.29, 1.82) is 0 Å². The van der Waals surface area contributed by atoms with Crippen LogP contribution in [0.1, 0.15) is 56.1 Å². The fourth-order valence-corrected chi connectivity index (χ4v) is 9.23. The molecule has 3 aliphatic rings. The van der Waals surface area contributed by atoms with Crippen molar-refractivity contribution in [3.63, 3.8) is 0 Å². The molecule has 2 aliphatic carbocycles. The van der Waals surface area contributed by atoms with Gasteiger partial charge in [0.05, 0.1) is 25.9 Å². The molecular formula is C30H30N2O6S2. The minimum absolute atomic E-state index is 0.0140. The minimum atomic E-state index is -4.25. The molecule has 0 bridgehead atoms. The molecule has 2 atom stereocenters. The van der Waals surface area contributed by atoms with Crippen molar-refractivity contribution in [3.05, 3.63) is 65.7 Å². The summed E-state index contributed by atoms with van der Waals surface area (Å²) in [5, 5.41) is 0. The van der Waals surface area contributed by atoms with E-state index in [1.54, 1.807) is 32.4 Å². The van der Waals surface area contributed by atoms with Crippen molar-refractivity contribution in [2.24, 2.45) is 5.92 Å². The van der Waals surface area contributed by atoms with E-state index in [2.05, 4.69) is 14.8 Å². The monoisotopic (exact) mass is 578 g/mol. The number of hydrogen-bond acceptors (Lipinski definition) is 9. The summed E-state index contributed by atoms with van der Waals surface area (Å²) in [4.78, 5) is -0.0140. The van der Waals surface area contributed by atoms with Crippen LogP contribution in [0.25, 0.3) is 11.0 Å². The average Bonchev–Trinajstić information content (AvgIpc) is 3.73. The van der Waals surface area contributed by atoms with E-state index < -0.39 is 15.7 Å². The number of hydrogen-bond donors (Lipinski definition) is 0. The number of methoxy groups -OCH3 is 2. The molecular weight excluding hydrogens is 548 g/mol. The number of benzene rings is 3. The van der Waals surface area contributed by atoms with Crippen molar-refractivity contribution >= 4 is 32.9 Å². The number of fused-ring (bicyclic) bond motifs is 5. The first-order valence-corrected chi connectivity index (χ1v) is 15.8. The van der Waals surface area contributed by atoms with Gasteiger partial charge in [-0.15, -0.1) is 0 Å². The average molecular weight is 579 g/mol. The summed E-state index contributed by atoms with van der Waals surface area (Å²) >= 11 is 0.970. The van der Waals surface area contributed by atoms with Gasteiger partial charge in [0.1, 0.15) is 38.8 Å². The first kappa shape index (κ1) is 25.6. The minimum Gasteiger partial charge on any atom is -0.497 e. The number of rotatable bonds is 6. The Labute approximate surface area is 237 Å². The van der Waals surface area contributed by atoms with Gasteiger partial charge in [0, 0.05) is 34.6 Å². The predicted molar refractivity (Wildman–Crippen MR) is 151 cm³/mol. The molecule has 10 heteroatoms. The Kier molecular flexibility index (Phi) is 5.98. The summed E-state index contributed by atoms with van der Waals surface area (Å²) in [6.45, 7) is 0. The van der Waals surface area contributed by atoms with E-state index in [0.717, 1.165) is 73.7 Å². The molecule has 2 fully saturated rings. The van der Waals surface area contributed by atoms with Crippen molar-refractivity contribution in [2.75, 3.05) is 14.2 Å². The molecule has 2 heterocycles. The van der Waals surface area contributed by atoms with Crippen LogP contribution in [0.3, 0.4) is 0 Å². The molecule has 1 aliphatic heterocycles. The lowest BCUT2D eigenvalue weighted by Gasteiger charge is -2.51. The Morgan fingerprint density at radius 1 is 0.900 bits per heavy atom. The summed E-state index contributed by atoms with van der Waals surface area (Å²) in [5.41, 5.74) is 1.97. The second kappa shape index (κ2) is 9.34. The maximum atomic E-state index is 13.8. The van der Waals surface area contributed by atoms with Gasteiger partial charge in [0.15, 0.2) is 5.75 Å². The highest BCUT2D eigenvalue weighted by molar-refractivity contribution is 7.87. The van der Waals surface area contributed by atoms with E-state index in [1.807, 2.05) is 24.3 Å². The van der Waals surface area contributed by atoms with Gasteiger partial charge in [-0.05, 0) is 62.4 Å². The van der Waals surface area contributed by atoms with Gasteiger partial charge in [-0.1, -0.05) is 25.0 Å². The Morgan fingerprint density at radius 2 is 1.65 bits per heavy atom. The van der Waals surface area contributed by atoms with Gasteiger partial charge in [-0.2, -0.15) is 17.2 Å². The highest BCUT2D eigenvalue weighted by Crippen LogP contribution is 2.66. The van der Waals surface area contributed by atoms with E-state index >= 15 is 0 Å². The number of aromatic nitrogens is 2. The lowest BCUT2D eigenvalue weighted by molar-refractivity contribution is -0.0360. The Bertz CT molecular complexity index is 1710. The van der Waals surface area contributed by atoms with Crippen LogP contribution < -0.4 is 18.4 Å². The van der Waals surface area contributed by atoms with Gasteiger partial charge in [0.2, 0.25) is 0 Å². The number of nitrogens with zero attached hydrogens (tertiary/aromatic N) is 2. The van der Waals surface area contributed by atoms with Gasteiger partial charge >= 0.3 is 10.1 Å². The topological polar surface area (TPSA) is 96.8 Å². The highest BCUT2D eigenvalue weighted by Gasteiger charge is 2.62. The van der Waals surface area contributed by atoms with E-state index in [0.29, 0.717) is 16.8 Å². The molecule has 0 radical (unpaired) electrons. The summed E-state index contributed by atoms with van der Waals surface area (Å²) < 4.78 is 60.1. The van der Waals surface area contributed by atoms with Crippen LogP contribution in [0.4, 0.5) is 0 Å². The van der Waals surface area contributed by atoms with Gasteiger partial charge in [-0.25, -0.2) is 0 Å². The quantitative estimate of drug-likeness (QED) is 0.243. The molecule has 0 amide bonds. The summed E-state index contributed by atoms with van der Waals surface area (Å²) in [7, 11) is -1.04. The predicted octanol–water partition coefficient (Wildman–Crippen LogP) is 6.38. The lowest BCUT2D eigenvalue weighted by atomic mass is 9.60. The molecule has 1 aromatic heterocycles. The first-order valence-electron chi connectivity index (χ1n) is 13.6. The third-order valence-corrected chi connectivity index (χ3v) is 11.0.